The molecule has 3 amide bonds. The van der Waals surface area contributed by atoms with Crippen LogP contribution in [0.2, 0.25) is 0 Å². The summed E-state index contributed by atoms with van der Waals surface area (Å²) < 4.78 is 0. The van der Waals surface area contributed by atoms with Crippen LogP contribution in [0, 0.1) is 6.92 Å². The lowest BCUT2D eigenvalue weighted by Crippen LogP contribution is -2.15. The summed E-state index contributed by atoms with van der Waals surface area (Å²) >= 11 is 0. The molecule has 5 heteroatoms. The average molecular weight is 281 g/mol. The van der Waals surface area contributed by atoms with Crippen molar-refractivity contribution in [3.63, 3.8) is 0 Å². The Kier molecular flexibility index (Phi) is 4.82. The molecule has 21 heavy (non-hydrogen) atoms. The van der Waals surface area contributed by atoms with E-state index in [4.69, 9.17) is 0 Å². The number of hydrogen-bond acceptors (Lipinski definition) is 2. The Morgan fingerprint density at radius 1 is 0.905 bits per heavy atom. The predicted molar refractivity (Wildman–Crippen MR) is 83.8 cm³/mol. The smallest absolute Gasteiger partial charge is 0.321 e. The minimum Gasteiger partial charge on any atom is -0.321 e. The summed E-state index contributed by atoms with van der Waals surface area (Å²) in [5.41, 5.74) is 2.38. The molecule has 0 radical (unpaired) electrons. The summed E-state index contributed by atoms with van der Waals surface area (Å²) in [5.74, 6) is -0.456. The third-order valence-electron chi connectivity index (χ3n) is 2.64. The fourth-order valence-corrected chi connectivity index (χ4v) is 1.61. The normalized spacial score (nSPS) is 10.3. The highest BCUT2D eigenvalue weighted by Crippen LogP contribution is 2.08. The molecule has 0 aromatic heterocycles. The number of aryl methyl sites for hydroxylation is 1. The van der Waals surface area contributed by atoms with Crippen LogP contribution in [0.1, 0.15) is 5.56 Å². The van der Waals surface area contributed by atoms with Gasteiger partial charge in [-0.25, -0.2) is 4.79 Å². The van der Waals surface area contributed by atoms with Crippen LogP contribution in [0.5, 0.6) is 0 Å². The fourth-order valence-electron chi connectivity index (χ4n) is 1.61. The van der Waals surface area contributed by atoms with Crippen molar-refractivity contribution in [1.29, 1.82) is 0 Å². The molecule has 106 valence electrons. The lowest BCUT2D eigenvalue weighted by molar-refractivity contribution is -0.109. The molecule has 0 atom stereocenters. The molecule has 0 saturated heterocycles. The number of rotatable bonds is 3. The van der Waals surface area contributed by atoms with E-state index in [1.807, 2.05) is 25.1 Å². The zero-order chi connectivity index (χ0) is 15.1. The molecule has 0 saturated carbocycles. The number of urea groups is 1. The first-order valence-electron chi connectivity index (χ1n) is 6.41. The Balaban J connectivity index is 1.87. The molecular formula is C16H15N3O2. The van der Waals surface area contributed by atoms with Crippen molar-refractivity contribution in [2.75, 3.05) is 10.6 Å². The molecule has 0 bridgehead atoms. The summed E-state index contributed by atoms with van der Waals surface area (Å²) in [6, 6.07) is 15.6. The molecule has 2 aromatic rings. The lowest BCUT2D eigenvalue weighted by Gasteiger charge is -2.02. The number of carbonyl (C=O) groups excluding carboxylic acids is 2. The van der Waals surface area contributed by atoms with E-state index < -0.39 is 11.9 Å². The molecule has 2 N–H and O–H groups in total. The van der Waals surface area contributed by atoms with Crippen molar-refractivity contribution in [1.82, 2.24) is 0 Å². The minimum absolute atomic E-state index is 0.456. The zero-order valence-electron chi connectivity index (χ0n) is 11.5. The number of carbonyl (C=O) groups is 2. The van der Waals surface area contributed by atoms with Gasteiger partial charge in [0.25, 0.3) is 5.91 Å². The number of amides is 3. The van der Waals surface area contributed by atoms with E-state index >= 15 is 0 Å². The van der Waals surface area contributed by atoms with Crippen molar-refractivity contribution in [3.8, 4) is 0 Å². The number of para-hydroxylation sites is 1. The zero-order valence-corrected chi connectivity index (χ0v) is 11.5. The van der Waals surface area contributed by atoms with Crippen molar-refractivity contribution in [3.05, 3.63) is 60.2 Å². The molecule has 0 aliphatic rings. The first-order valence-corrected chi connectivity index (χ1v) is 6.41. The third kappa shape index (κ3) is 4.91. The number of anilines is 2. The van der Waals surface area contributed by atoms with Gasteiger partial charge in [0.05, 0.1) is 6.21 Å². The molecule has 2 rings (SSSR count). The van der Waals surface area contributed by atoms with E-state index in [1.165, 1.54) is 0 Å². The highest BCUT2D eigenvalue weighted by atomic mass is 16.2. The van der Waals surface area contributed by atoms with Gasteiger partial charge in [0.15, 0.2) is 0 Å². The van der Waals surface area contributed by atoms with Crippen LogP contribution in [-0.4, -0.2) is 18.2 Å². The van der Waals surface area contributed by atoms with E-state index in [9.17, 15) is 9.59 Å². The maximum Gasteiger partial charge on any atom is 0.345 e. The molecule has 0 heterocycles. The van der Waals surface area contributed by atoms with Crippen LogP contribution in [-0.2, 0) is 4.79 Å². The molecule has 0 aliphatic heterocycles. The molecule has 0 unspecified atom stereocenters. The van der Waals surface area contributed by atoms with E-state index in [-0.39, 0.29) is 0 Å². The van der Waals surface area contributed by atoms with Gasteiger partial charge in [-0.05, 0) is 31.2 Å². The number of aliphatic imine (C=N–C) groups is 1. The van der Waals surface area contributed by atoms with Gasteiger partial charge < -0.3 is 10.6 Å². The maximum absolute atomic E-state index is 11.6. The predicted octanol–water partition coefficient (Wildman–Crippen LogP) is 3.24. The molecule has 0 aliphatic carbocycles. The van der Waals surface area contributed by atoms with Crippen molar-refractivity contribution >= 4 is 29.5 Å². The lowest BCUT2D eigenvalue weighted by atomic mass is 10.2. The number of benzene rings is 2. The van der Waals surface area contributed by atoms with Gasteiger partial charge in [-0.1, -0.05) is 35.9 Å². The van der Waals surface area contributed by atoms with Crippen molar-refractivity contribution < 1.29 is 9.59 Å². The second-order valence-electron chi connectivity index (χ2n) is 4.41. The van der Waals surface area contributed by atoms with Crippen LogP contribution < -0.4 is 10.6 Å². The first-order chi connectivity index (χ1) is 10.1. The van der Waals surface area contributed by atoms with Crippen molar-refractivity contribution in [2.24, 2.45) is 4.99 Å². The average Bonchev–Trinajstić information content (AvgIpc) is 2.49. The highest BCUT2D eigenvalue weighted by molar-refractivity contribution is 6.33. The van der Waals surface area contributed by atoms with Crippen LogP contribution in [0.25, 0.3) is 0 Å². The van der Waals surface area contributed by atoms with Crippen LogP contribution in [0.15, 0.2) is 59.6 Å². The fraction of sp³-hybridized carbons (Fsp3) is 0.0625. The summed E-state index contributed by atoms with van der Waals surface area (Å²) in [4.78, 5) is 26.7. The summed E-state index contributed by atoms with van der Waals surface area (Å²) in [5, 5.41) is 5.17. The van der Waals surface area contributed by atoms with E-state index in [1.54, 1.807) is 36.4 Å². The monoisotopic (exact) mass is 281 g/mol. The molecule has 2 aromatic carbocycles. The third-order valence-corrected chi connectivity index (χ3v) is 2.64. The highest BCUT2D eigenvalue weighted by Gasteiger charge is 2.01. The minimum atomic E-state index is -0.597. The van der Waals surface area contributed by atoms with Gasteiger partial charge in [0.2, 0.25) is 0 Å². The Labute approximate surface area is 122 Å². The summed E-state index contributed by atoms with van der Waals surface area (Å²) in [6.45, 7) is 1.96. The Morgan fingerprint density at radius 3 is 2.19 bits per heavy atom. The maximum atomic E-state index is 11.6. The van der Waals surface area contributed by atoms with Gasteiger partial charge in [0.1, 0.15) is 0 Å². The van der Waals surface area contributed by atoms with E-state index in [0.29, 0.717) is 11.4 Å². The second-order valence-corrected chi connectivity index (χ2v) is 4.41. The number of hydrogen-bond donors (Lipinski definition) is 2. The second kappa shape index (κ2) is 7.00. The summed E-state index contributed by atoms with van der Waals surface area (Å²) in [7, 11) is 0. The van der Waals surface area contributed by atoms with E-state index in [0.717, 1.165) is 11.8 Å². The van der Waals surface area contributed by atoms with Gasteiger partial charge in [-0.3, -0.25) is 4.79 Å². The Hall–Kier alpha value is -2.95. The van der Waals surface area contributed by atoms with Crippen molar-refractivity contribution in [2.45, 2.75) is 6.92 Å². The quantitative estimate of drug-likeness (QED) is 0.848. The number of nitrogens with one attached hydrogen (secondary N) is 2. The first kappa shape index (κ1) is 14.5. The SMILES string of the molecule is Cc1ccc(NC(=O)/C=N/C(=O)Nc2ccccc2)cc1. The van der Waals surface area contributed by atoms with Gasteiger partial charge in [0, 0.05) is 11.4 Å². The van der Waals surface area contributed by atoms with Crippen LogP contribution in [0.3, 0.4) is 0 Å². The van der Waals surface area contributed by atoms with Gasteiger partial charge in [-0.15, -0.1) is 0 Å². The van der Waals surface area contributed by atoms with Gasteiger partial charge in [-0.2, -0.15) is 4.99 Å². The topological polar surface area (TPSA) is 70.6 Å². The Morgan fingerprint density at radius 2 is 1.52 bits per heavy atom. The molecular weight excluding hydrogens is 266 g/mol. The van der Waals surface area contributed by atoms with Crippen LogP contribution >= 0.6 is 0 Å². The van der Waals surface area contributed by atoms with Crippen LogP contribution in [0.4, 0.5) is 16.2 Å². The van der Waals surface area contributed by atoms with E-state index in [2.05, 4.69) is 15.6 Å². The molecule has 5 nitrogen and oxygen atoms in total. The molecule has 0 spiro atoms. The molecule has 0 fully saturated rings. The van der Waals surface area contributed by atoms with Gasteiger partial charge >= 0.3 is 6.03 Å². The standard InChI is InChI=1S/C16H15N3O2/c1-12-7-9-14(10-8-12)18-15(20)11-17-16(21)19-13-5-3-2-4-6-13/h2-11H,1H3,(H,18,20)(H,19,21)/b17-11+. The Bertz CT molecular complexity index is 649. The summed E-state index contributed by atoms with van der Waals surface area (Å²) in [6.07, 6.45) is 0.956. The largest absolute Gasteiger partial charge is 0.345 e. The number of nitrogens with zero attached hydrogens (tertiary/aromatic N) is 1.